The van der Waals surface area contributed by atoms with Crippen LogP contribution in [0.5, 0.6) is 0 Å². The molecule has 4 rings (SSSR count). The van der Waals surface area contributed by atoms with Gasteiger partial charge >= 0.3 is 17.9 Å². The van der Waals surface area contributed by atoms with Gasteiger partial charge in [-0.25, -0.2) is 9.18 Å². The zero-order valence-electron chi connectivity index (χ0n) is 22.7. The number of aliphatic carboxylic acids is 3. The van der Waals surface area contributed by atoms with Gasteiger partial charge < -0.3 is 30.2 Å². The minimum absolute atomic E-state index is 0.0370. The molecular formula is C29H31Cl2FN2O8. The first-order valence-electron chi connectivity index (χ1n) is 12.9. The number of halogens is 3. The number of piperidine rings is 1. The van der Waals surface area contributed by atoms with E-state index in [1.165, 1.54) is 12.1 Å². The highest BCUT2D eigenvalue weighted by molar-refractivity contribution is 6.34. The summed E-state index contributed by atoms with van der Waals surface area (Å²) < 4.78 is 13.5. The maximum absolute atomic E-state index is 13.5. The summed E-state index contributed by atoms with van der Waals surface area (Å²) in [5.74, 6) is -5.24. The number of nitrogens with zero attached hydrogens (tertiary/aromatic N) is 2. The standard InChI is InChI=1S/C23H23Cl2FN2O.C6H8O7/c1-27-10-7-23(8-11-27,17-2-4-20(26)5-3-17)21-6-9-28(22(21)29)15-16-12-18(24)14-19(25)13-16;7-3(8)1-6(13,5(11)12)2-4(9)10/h2-6,12-14H,7-11,15H2,1H3;13H,1-2H2,(H,7,8)(H,9,10)(H,11,12). The van der Waals surface area contributed by atoms with Crippen molar-refractivity contribution in [2.45, 2.75) is 43.2 Å². The van der Waals surface area contributed by atoms with Crippen molar-refractivity contribution in [1.82, 2.24) is 9.80 Å². The largest absolute Gasteiger partial charge is 0.481 e. The van der Waals surface area contributed by atoms with Crippen molar-refractivity contribution in [3.8, 4) is 0 Å². The Labute approximate surface area is 251 Å². The zero-order valence-corrected chi connectivity index (χ0v) is 24.2. The number of carbonyl (C=O) groups is 4. The Balaban J connectivity index is 0.000000316. The molecule has 0 saturated carbocycles. The summed E-state index contributed by atoms with van der Waals surface area (Å²) in [6.45, 7) is 2.80. The molecule has 226 valence electrons. The third-order valence-corrected chi connectivity index (χ3v) is 7.80. The lowest BCUT2D eigenvalue weighted by molar-refractivity contribution is -0.170. The fourth-order valence-corrected chi connectivity index (χ4v) is 5.77. The molecule has 13 heteroatoms. The number of carboxylic acids is 3. The lowest BCUT2D eigenvalue weighted by Gasteiger charge is -2.42. The smallest absolute Gasteiger partial charge is 0.336 e. The topological polar surface area (TPSA) is 156 Å². The number of carboxylic acid groups (broad SMARTS) is 3. The first kappa shape index (κ1) is 33.0. The Morgan fingerprint density at radius 1 is 0.952 bits per heavy atom. The first-order valence-corrected chi connectivity index (χ1v) is 13.7. The number of hydrogen-bond donors (Lipinski definition) is 4. The molecule has 2 heterocycles. The summed E-state index contributed by atoms with van der Waals surface area (Å²) in [6.07, 6.45) is 1.43. The summed E-state index contributed by atoms with van der Waals surface area (Å²) in [5, 5.41) is 34.9. The normalized spacial score (nSPS) is 16.8. The Morgan fingerprint density at radius 2 is 1.48 bits per heavy atom. The molecule has 0 bridgehead atoms. The molecule has 1 saturated heterocycles. The number of carbonyl (C=O) groups excluding carboxylic acids is 1. The second-order valence-corrected chi connectivity index (χ2v) is 11.3. The number of benzene rings is 2. The van der Waals surface area contributed by atoms with Gasteiger partial charge in [-0.05, 0) is 74.4 Å². The van der Waals surface area contributed by atoms with E-state index in [4.69, 9.17) is 43.6 Å². The van der Waals surface area contributed by atoms with Gasteiger partial charge in [0, 0.05) is 34.1 Å². The molecule has 2 aromatic rings. The monoisotopic (exact) mass is 624 g/mol. The fraction of sp³-hybridized carbons (Fsp3) is 0.379. The van der Waals surface area contributed by atoms with Crippen LogP contribution in [0.1, 0.15) is 36.8 Å². The van der Waals surface area contributed by atoms with E-state index in [1.54, 1.807) is 6.07 Å². The van der Waals surface area contributed by atoms with Crippen molar-refractivity contribution in [1.29, 1.82) is 0 Å². The third-order valence-electron chi connectivity index (χ3n) is 7.37. The number of aliphatic hydroxyl groups is 1. The molecule has 42 heavy (non-hydrogen) atoms. The van der Waals surface area contributed by atoms with Crippen LogP contribution in [0, 0.1) is 5.82 Å². The number of hydrogen-bond acceptors (Lipinski definition) is 6. The van der Waals surface area contributed by atoms with Crippen molar-refractivity contribution in [3.05, 3.63) is 81.1 Å². The summed E-state index contributed by atoms with van der Waals surface area (Å²) in [6, 6.07) is 12.0. The van der Waals surface area contributed by atoms with Gasteiger partial charge in [-0.15, -0.1) is 0 Å². The molecule has 0 spiro atoms. The lowest BCUT2D eigenvalue weighted by atomic mass is 9.67. The number of likely N-dealkylation sites (tertiary alicyclic amines) is 1. The van der Waals surface area contributed by atoms with Gasteiger partial charge in [0.2, 0.25) is 0 Å². The highest BCUT2D eigenvalue weighted by atomic mass is 35.5. The number of rotatable bonds is 9. The molecule has 2 aliphatic rings. The molecule has 4 N–H and O–H groups in total. The van der Waals surface area contributed by atoms with E-state index in [-0.39, 0.29) is 17.1 Å². The Kier molecular flexibility index (Phi) is 10.7. The molecule has 2 aromatic carbocycles. The van der Waals surface area contributed by atoms with Gasteiger partial charge in [-0.3, -0.25) is 14.4 Å². The van der Waals surface area contributed by atoms with Crippen LogP contribution in [0.2, 0.25) is 10.0 Å². The van der Waals surface area contributed by atoms with Crippen molar-refractivity contribution < 1.29 is 44.0 Å². The van der Waals surface area contributed by atoms with Crippen LogP contribution < -0.4 is 0 Å². The SMILES string of the molecule is CN1CCC(C2=CCN(Cc3cc(Cl)cc(Cl)c3)C2=O)(c2ccc(F)cc2)CC1.O=C(O)CC(O)(CC(=O)O)C(=O)O. The first-order chi connectivity index (χ1) is 19.6. The average Bonchev–Trinajstić information content (AvgIpc) is 3.24. The maximum Gasteiger partial charge on any atom is 0.336 e. The van der Waals surface area contributed by atoms with Crippen LogP contribution in [0.4, 0.5) is 4.39 Å². The van der Waals surface area contributed by atoms with Gasteiger partial charge in [0.1, 0.15) is 5.82 Å². The van der Waals surface area contributed by atoms with E-state index >= 15 is 0 Å². The van der Waals surface area contributed by atoms with E-state index in [9.17, 15) is 23.6 Å². The summed E-state index contributed by atoms with van der Waals surface area (Å²) in [4.78, 5) is 48.0. The minimum Gasteiger partial charge on any atom is -0.481 e. The molecule has 10 nitrogen and oxygen atoms in total. The van der Waals surface area contributed by atoms with E-state index in [0.717, 1.165) is 42.6 Å². The maximum atomic E-state index is 13.5. The summed E-state index contributed by atoms with van der Waals surface area (Å²) in [7, 11) is 2.09. The molecule has 0 aromatic heterocycles. The molecule has 0 atom stereocenters. The Bertz CT molecular complexity index is 1340. The van der Waals surface area contributed by atoms with Gasteiger partial charge in [-0.2, -0.15) is 0 Å². The number of amides is 1. The minimum atomic E-state index is -2.74. The Morgan fingerprint density at radius 3 is 1.95 bits per heavy atom. The second kappa shape index (κ2) is 13.6. The molecule has 1 amide bonds. The van der Waals surface area contributed by atoms with Gasteiger partial charge in [0.05, 0.1) is 12.8 Å². The molecule has 2 aliphatic heterocycles. The highest BCUT2D eigenvalue weighted by Gasteiger charge is 2.45. The van der Waals surface area contributed by atoms with E-state index < -0.39 is 36.4 Å². The lowest BCUT2D eigenvalue weighted by Crippen LogP contribution is -2.44. The predicted molar refractivity (Wildman–Crippen MR) is 152 cm³/mol. The van der Waals surface area contributed by atoms with Crippen LogP contribution in [0.3, 0.4) is 0 Å². The van der Waals surface area contributed by atoms with Crippen LogP contribution in [-0.2, 0) is 31.1 Å². The quantitative estimate of drug-likeness (QED) is 0.326. The molecule has 1 fully saturated rings. The third kappa shape index (κ3) is 8.07. The zero-order chi connectivity index (χ0) is 31.2. The molecule has 0 aliphatic carbocycles. The second-order valence-electron chi connectivity index (χ2n) is 10.5. The van der Waals surface area contributed by atoms with Crippen LogP contribution in [-0.4, -0.2) is 86.3 Å². The van der Waals surface area contributed by atoms with Gasteiger partial charge in [-0.1, -0.05) is 41.4 Å². The van der Waals surface area contributed by atoms with Crippen LogP contribution in [0.15, 0.2) is 54.1 Å². The van der Waals surface area contributed by atoms with E-state index in [1.807, 2.05) is 35.2 Å². The average molecular weight is 625 g/mol. The molecule has 0 radical (unpaired) electrons. The molecule has 0 unspecified atom stereocenters. The van der Waals surface area contributed by atoms with Crippen LogP contribution in [0.25, 0.3) is 0 Å². The van der Waals surface area contributed by atoms with Crippen molar-refractivity contribution in [3.63, 3.8) is 0 Å². The summed E-state index contributed by atoms with van der Waals surface area (Å²) in [5.41, 5.74) is -0.371. The Hall–Kier alpha value is -3.51. The van der Waals surface area contributed by atoms with Crippen LogP contribution >= 0.6 is 23.2 Å². The van der Waals surface area contributed by atoms with E-state index in [2.05, 4.69) is 11.9 Å². The van der Waals surface area contributed by atoms with E-state index in [0.29, 0.717) is 23.1 Å². The van der Waals surface area contributed by atoms with Gasteiger partial charge in [0.15, 0.2) is 5.60 Å². The summed E-state index contributed by atoms with van der Waals surface area (Å²) >= 11 is 12.2. The fourth-order valence-electron chi connectivity index (χ4n) is 5.20. The van der Waals surface area contributed by atoms with Crippen molar-refractivity contribution in [2.24, 2.45) is 0 Å². The highest BCUT2D eigenvalue weighted by Crippen LogP contribution is 2.44. The predicted octanol–water partition coefficient (Wildman–Crippen LogP) is 3.82. The van der Waals surface area contributed by atoms with Crippen molar-refractivity contribution in [2.75, 3.05) is 26.7 Å². The van der Waals surface area contributed by atoms with Gasteiger partial charge in [0.25, 0.3) is 5.91 Å². The molecular weight excluding hydrogens is 594 g/mol. The van der Waals surface area contributed by atoms with Crippen molar-refractivity contribution >= 4 is 47.0 Å².